The second-order valence-corrected chi connectivity index (χ2v) is 23.9. The lowest BCUT2D eigenvalue weighted by Crippen LogP contribution is -2.61. The van der Waals surface area contributed by atoms with Crippen LogP contribution in [0.5, 0.6) is 5.75 Å². The number of pyridine rings is 1. The SMILES string of the molecule is CC[C@H]1OC(=O)[C@H](C)[C@@H](O[C@H]2C[C@@](C)(OC)[C@@H](OC(=O)CCNCCSCCOc3ccc4c(c3)c(=O)c(C(=O)O)cn4CC)[C@H](C)O2)[C@H](C)[C@@H](O[C@H]2O[C@H](C)C[C@H](N(C)C)[C@H]2O)[C@](C)(OC)C[C@@H](C)C(=O)[C@H](C)[C@@H](O)[C@]1(C)O. The highest BCUT2D eigenvalue weighted by Gasteiger charge is 2.55. The Balaban J connectivity index is 1.27. The highest BCUT2D eigenvalue weighted by Crippen LogP contribution is 2.42. The van der Waals surface area contributed by atoms with E-state index in [0.717, 1.165) is 5.75 Å². The number of ketones is 1. The van der Waals surface area contributed by atoms with E-state index in [1.54, 1.807) is 76.1 Å². The van der Waals surface area contributed by atoms with Gasteiger partial charge in [0.2, 0.25) is 5.43 Å². The number of carboxylic acid groups (broad SMARTS) is 1. The van der Waals surface area contributed by atoms with Crippen LogP contribution in [0.2, 0.25) is 0 Å². The number of carbonyl (C=O) groups excluding carboxylic acids is 3. The van der Waals surface area contributed by atoms with Gasteiger partial charge in [-0.15, -0.1) is 0 Å². The topological polar surface area (TPSA) is 270 Å². The highest BCUT2D eigenvalue weighted by molar-refractivity contribution is 7.99. The van der Waals surface area contributed by atoms with Crippen molar-refractivity contribution in [3.05, 3.63) is 40.2 Å². The molecule has 22 heteroatoms. The summed E-state index contributed by atoms with van der Waals surface area (Å²) < 4.78 is 58.9. The van der Waals surface area contributed by atoms with Crippen molar-refractivity contribution in [1.82, 2.24) is 14.8 Å². The van der Waals surface area contributed by atoms with Crippen molar-refractivity contribution in [3.63, 3.8) is 0 Å². The smallest absolute Gasteiger partial charge is 0.341 e. The van der Waals surface area contributed by atoms with E-state index in [4.69, 9.17) is 42.6 Å². The number of hydrogen-bond acceptors (Lipinski definition) is 20. The number of hydrogen-bond donors (Lipinski definition) is 5. The molecule has 1 aromatic carbocycles. The minimum atomic E-state index is -2.03. The molecule has 2 aromatic rings. The Bertz CT molecular complexity index is 2420. The standard InChI is InChI=1S/C57H91N3O18S/c1-16-42-57(11,69)49(65)33(5)45(62)31(3)28-55(9,70-14)50(78-54-47(64)41(59(12)13)26-32(4)73-54)34(6)48(35(7)53(68)75-42)77-44-29-56(10,71-15)51(36(8)74-44)76-43(61)20-21-58-22-24-79-25-23-72-37-18-19-40-38(27-37)46(63)39(52(66)67)30-60(40)17-2/h18-19,27,30-36,41-42,44,47-51,54,58,64-65,69H,16-17,20-26,28-29H2,1-15H3,(H,66,67)/t31-,32-,33+,34+,35-,36+,41+,42-,44+,47-,48+,49-,50-,51+,54-,55-,56-,57-/m1/s1. The van der Waals surface area contributed by atoms with E-state index >= 15 is 0 Å². The van der Waals surface area contributed by atoms with E-state index in [0.29, 0.717) is 49.7 Å². The Morgan fingerprint density at radius 1 is 0.899 bits per heavy atom. The van der Waals surface area contributed by atoms with Crippen molar-refractivity contribution in [3.8, 4) is 5.75 Å². The number of thioether (sulfide) groups is 1. The van der Waals surface area contributed by atoms with Crippen LogP contribution in [0.4, 0.5) is 0 Å². The quantitative estimate of drug-likeness (QED) is 0.0829. The van der Waals surface area contributed by atoms with E-state index in [-0.39, 0.29) is 54.6 Å². The first-order chi connectivity index (χ1) is 37.1. The Morgan fingerprint density at radius 2 is 1.57 bits per heavy atom. The van der Waals surface area contributed by atoms with Gasteiger partial charge in [0.05, 0.1) is 66.0 Å². The van der Waals surface area contributed by atoms with Crippen LogP contribution in [0.3, 0.4) is 0 Å². The van der Waals surface area contributed by atoms with Crippen molar-refractivity contribution in [1.29, 1.82) is 0 Å². The summed E-state index contributed by atoms with van der Waals surface area (Å²) in [5, 5.41) is 48.3. The number of aromatic nitrogens is 1. The molecule has 0 radical (unpaired) electrons. The number of fused-ring (bicyclic) bond motifs is 1. The van der Waals surface area contributed by atoms with Gasteiger partial charge in [0, 0.05) is 81.8 Å². The predicted molar refractivity (Wildman–Crippen MR) is 296 cm³/mol. The Morgan fingerprint density at radius 3 is 2.19 bits per heavy atom. The molecule has 79 heavy (non-hydrogen) atoms. The average Bonchev–Trinajstić information content (AvgIpc) is 3.46. The largest absolute Gasteiger partial charge is 0.493 e. The molecule has 1 aromatic heterocycles. The number of Topliss-reactive ketones (excluding diaryl/α,β-unsaturated/α-hetero) is 1. The van der Waals surface area contributed by atoms with E-state index in [2.05, 4.69) is 5.32 Å². The summed E-state index contributed by atoms with van der Waals surface area (Å²) in [6.07, 6.45) is -8.12. The van der Waals surface area contributed by atoms with Crippen molar-refractivity contribution in [2.45, 2.75) is 199 Å². The average molecular weight is 1140 g/mol. The number of carbonyl (C=O) groups is 4. The molecule has 3 aliphatic rings. The maximum Gasteiger partial charge on any atom is 0.341 e. The number of nitrogens with one attached hydrogen (secondary N) is 1. The van der Waals surface area contributed by atoms with Crippen molar-refractivity contribution < 1.29 is 82.2 Å². The molecule has 0 aliphatic carbocycles. The number of benzene rings is 1. The first-order valence-corrected chi connectivity index (χ1v) is 29.0. The molecular weight excluding hydrogens is 1050 g/mol. The first kappa shape index (κ1) is 66.0. The Kier molecular flexibility index (Phi) is 23.8. The van der Waals surface area contributed by atoms with Crippen LogP contribution in [0.15, 0.2) is 29.2 Å². The molecule has 3 aliphatic heterocycles. The summed E-state index contributed by atoms with van der Waals surface area (Å²) in [7, 11) is 6.73. The van der Waals surface area contributed by atoms with Gasteiger partial charge >= 0.3 is 17.9 Å². The second-order valence-electron chi connectivity index (χ2n) is 22.7. The molecule has 21 nitrogen and oxygen atoms in total. The van der Waals surface area contributed by atoms with Gasteiger partial charge in [0.25, 0.3) is 0 Å². The van der Waals surface area contributed by atoms with E-state index in [1.165, 1.54) is 34.3 Å². The zero-order chi connectivity index (χ0) is 58.9. The van der Waals surface area contributed by atoms with E-state index in [9.17, 15) is 44.4 Å². The van der Waals surface area contributed by atoms with Crippen LogP contribution in [-0.4, -0.2) is 197 Å². The first-order valence-electron chi connectivity index (χ1n) is 27.8. The second kappa shape index (κ2) is 28.5. The van der Waals surface area contributed by atoms with Crippen molar-refractivity contribution in [2.75, 3.05) is 59.5 Å². The number of cyclic esters (lactones) is 1. The summed E-state index contributed by atoms with van der Waals surface area (Å²) in [5.41, 5.74) is -4.73. The Hall–Kier alpha value is -3.78. The molecule has 18 atom stereocenters. The fourth-order valence-electron chi connectivity index (χ4n) is 11.7. The molecule has 0 saturated carbocycles. The number of ether oxygens (including phenoxy) is 9. The number of aliphatic hydroxyl groups excluding tert-OH is 2. The molecule has 0 spiro atoms. The lowest BCUT2D eigenvalue weighted by Gasteiger charge is -2.50. The fourth-order valence-corrected chi connectivity index (χ4v) is 12.3. The number of methoxy groups -OCH3 is 2. The Labute approximate surface area is 469 Å². The number of rotatable bonds is 21. The third kappa shape index (κ3) is 15.7. The van der Waals surface area contributed by atoms with Crippen molar-refractivity contribution >= 4 is 46.4 Å². The maximum atomic E-state index is 14.6. The van der Waals surface area contributed by atoms with E-state index < -0.39 is 119 Å². The van der Waals surface area contributed by atoms with Crippen LogP contribution in [-0.2, 0) is 58.8 Å². The molecule has 3 fully saturated rings. The number of nitrogens with zero attached hydrogens (tertiary/aromatic N) is 2. The molecule has 5 N–H and O–H groups in total. The van der Waals surface area contributed by atoms with Crippen molar-refractivity contribution in [2.24, 2.45) is 23.7 Å². The minimum absolute atomic E-state index is 0.0441. The van der Waals surface area contributed by atoms with Gasteiger partial charge in [-0.2, -0.15) is 11.8 Å². The van der Waals surface area contributed by atoms with Crippen LogP contribution in [0.25, 0.3) is 10.9 Å². The molecular formula is C57H91N3O18S. The lowest BCUT2D eigenvalue weighted by molar-refractivity contribution is -0.320. The zero-order valence-corrected chi connectivity index (χ0v) is 49.9. The zero-order valence-electron chi connectivity index (χ0n) is 49.1. The summed E-state index contributed by atoms with van der Waals surface area (Å²) >= 11 is 1.63. The van der Waals surface area contributed by atoms with Crippen LogP contribution < -0.4 is 15.5 Å². The highest BCUT2D eigenvalue weighted by atomic mass is 32.2. The lowest BCUT2D eigenvalue weighted by atomic mass is 9.74. The van der Waals surface area contributed by atoms with Gasteiger partial charge in [-0.3, -0.25) is 19.2 Å². The third-order valence-electron chi connectivity index (χ3n) is 16.5. The number of aryl methyl sites for hydroxylation is 1. The van der Waals surface area contributed by atoms with Gasteiger partial charge in [0.15, 0.2) is 18.7 Å². The molecule has 3 saturated heterocycles. The fraction of sp³-hybridized carbons (Fsp3) is 0.772. The molecule has 0 amide bonds. The summed E-state index contributed by atoms with van der Waals surface area (Å²) in [6.45, 7) is 20.7. The van der Waals surface area contributed by atoms with E-state index in [1.807, 2.05) is 39.8 Å². The van der Waals surface area contributed by atoms with Gasteiger partial charge in [0.1, 0.15) is 40.5 Å². The number of carboxylic acids is 1. The van der Waals surface area contributed by atoms with Crippen LogP contribution >= 0.6 is 11.8 Å². The molecule has 5 rings (SSSR count). The number of aliphatic hydroxyl groups is 3. The van der Waals surface area contributed by atoms with Gasteiger partial charge in [-0.05, 0) is 100 Å². The third-order valence-corrected chi connectivity index (χ3v) is 17.5. The molecule has 0 unspecified atom stereocenters. The summed E-state index contributed by atoms with van der Waals surface area (Å²) in [4.78, 5) is 68.7. The van der Waals surface area contributed by atoms with Gasteiger partial charge < -0.3 is 77.8 Å². The number of aromatic carboxylic acids is 1. The predicted octanol–water partition coefficient (Wildman–Crippen LogP) is 4.82. The molecule has 0 bridgehead atoms. The van der Waals surface area contributed by atoms with Gasteiger partial charge in [-0.1, -0.05) is 27.7 Å². The molecule has 448 valence electrons. The number of likely N-dealkylation sites (N-methyl/N-ethyl adjacent to an activating group) is 1. The summed E-state index contributed by atoms with van der Waals surface area (Å²) in [5.74, 6) is -4.75. The minimum Gasteiger partial charge on any atom is -0.493 e. The summed E-state index contributed by atoms with van der Waals surface area (Å²) in [6, 6.07) is 4.75. The normalized spacial score (nSPS) is 36.2. The van der Waals surface area contributed by atoms with Crippen LogP contribution in [0.1, 0.15) is 119 Å². The number of esters is 2. The van der Waals surface area contributed by atoms with Gasteiger partial charge in [-0.25, -0.2) is 4.79 Å². The monoisotopic (exact) mass is 1140 g/mol. The maximum absolute atomic E-state index is 14.6. The van der Waals surface area contributed by atoms with Crippen LogP contribution in [0, 0.1) is 23.7 Å². The molecule has 4 heterocycles.